The van der Waals surface area contributed by atoms with Gasteiger partial charge in [-0.05, 0) is 51.5 Å². The maximum Gasteiger partial charge on any atom is 0.514 e. The number of hydrogen-bond donors (Lipinski definition) is 1. The van der Waals surface area contributed by atoms with Crippen molar-refractivity contribution < 1.29 is 37.5 Å². The fraction of sp³-hybridized carbons (Fsp3) is 0.531. The number of amides is 2. The highest BCUT2D eigenvalue weighted by atomic mass is 19.1. The molecule has 4 heterocycles. The van der Waals surface area contributed by atoms with E-state index in [2.05, 4.69) is 24.3 Å². The summed E-state index contributed by atoms with van der Waals surface area (Å²) in [5.74, 6) is -3.23. The summed E-state index contributed by atoms with van der Waals surface area (Å²) >= 11 is 0. The first-order valence-corrected chi connectivity index (χ1v) is 15.3. The van der Waals surface area contributed by atoms with Gasteiger partial charge < -0.3 is 29.1 Å². The van der Waals surface area contributed by atoms with Crippen LogP contribution in [0.15, 0.2) is 34.3 Å². The van der Waals surface area contributed by atoms with Crippen molar-refractivity contribution in [1.29, 1.82) is 0 Å². The molecule has 2 bridgehead atoms. The molecular formula is C32H38F2N4O7. The van der Waals surface area contributed by atoms with Crippen molar-refractivity contribution in [2.24, 2.45) is 11.1 Å². The minimum absolute atomic E-state index is 0.00478. The van der Waals surface area contributed by atoms with Gasteiger partial charge in [-0.1, -0.05) is 31.5 Å². The predicted molar refractivity (Wildman–Crippen MR) is 159 cm³/mol. The largest absolute Gasteiger partial charge is 0.514 e. The third-order valence-corrected chi connectivity index (χ3v) is 8.70. The lowest BCUT2D eigenvalue weighted by Gasteiger charge is -2.42. The molecule has 11 nitrogen and oxygen atoms in total. The van der Waals surface area contributed by atoms with E-state index < -0.39 is 58.0 Å². The van der Waals surface area contributed by atoms with Crippen molar-refractivity contribution in [2.75, 3.05) is 13.2 Å². The normalized spacial score (nSPS) is 22.1. The Morgan fingerprint density at radius 3 is 2.69 bits per heavy atom. The fourth-order valence-electron chi connectivity index (χ4n) is 6.23. The molecule has 0 aliphatic carbocycles. The molecule has 45 heavy (non-hydrogen) atoms. The summed E-state index contributed by atoms with van der Waals surface area (Å²) in [7, 11) is 0. The van der Waals surface area contributed by atoms with E-state index >= 15 is 0 Å². The van der Waals surface area contributed by atoms with Crippen LogP contribution in [-0.2, 0) is 16.1 Å². The number of unbranched alkanes of at least 4 members (excludes halogenated alkanes) is 1. The number of benzene rings is 1. The number of halogens is 2. The summed E-state index contributed by atoms with van der Waals surface area (Å²) in [6, 6.07) is 2.11. The second-order valence-electron chi connectivity index (χ2n) is 12.5. The Morgan fingerprint density at radius 1 is 1.22 bits per heavy atom. The average Bonchev–Trinajstić information content (AvgIpc) is 3.31. The zero-order valence-corrected chi connectivity index (χ0v) is 25.9. The highest BCUT2D eigenvalue weighted by Gasteiger charge is 2.54. The van der Waals surface area contributed by atoms with Gasteiger partial charge in [0, 0.05) is 43.4 Å². The van der Waals surface area contributed by atoms with E-state index in [9.17, 15) is 28.0 Å². The first-order valence-electron chi connectivity index (χ1n) is 15.3. The summed E-state index contributed by atoms with van der Waals surface area (Å²) in [4.78, 5) is 61.7. The highest BCUT2D eigenvalue weighted by molar-refractivity contribution is 6.00. The van der Waals surface area contributed by atoms with Crippen molar-refractivity contribution in [3.05, 3.63) is 63.1 Å². The third kappa shape index (κ3) is 6.57. The van der Waals surface area contributed by atoms with Crippen molar-refractivity contribution in [3.8, 4) is 5.75 Å². The van der Waals surface area contributed by atoms with Gasteiger partial charge in [0.2, 0.25) is 11.2 Å². The molecule has 3 aliphatic rings. The number of hydrogen-bond acceptors (Lipinski definition) is 8. The number of ether oxygens (including phenoxy) is 2. The summed E-state index contributed by atoms with van der Waals surface area (Å²) in [6.45, 7) is 7.81. The van der Waals surface area contributed by atoms with Crippen LogP contribution >= 0.6 is 0 Å². The molecule has 1 aromatic heterocycles. The zero-order valence-electron chi connectivity index (χ0n) is 25.9. The van der Waals surface area contributed by atoms with Gasteiger partial charge in [0.25, 0.3) is 11.8 Å². The lowest BCUT2D eigenvalue weighted by molar-refractivity contribution is -0.0655. The number of nitrogens with zero attached hydrogens (tertiary/aromatic N) is 3. The predicted octanol–water partition coefficient (Wildman–Crippen LogP) is 5.11. The van der Waals surface area contributed by atoms with E-state index in [1.165, 1.54) is 16.8 Å². The van der Waals surface area contributed by atoms with Crippen LogP contribution in [0.2, 0.25) is 0 Å². The molecule has 1 saturated heterocycles. The Balaban J connectivity index is 1.53. The molecule has 1 N–H and O–H groups in total. The minimum Gasteiger partial charge on any atom is -0.434 e. The quantitative estimate of drug-likeness (QED) is 0.302. The molecule has 1 aromatic carbocycles. The molecule has 2 amide bonds. The number of carbonyl (C=O) groups is 3. The molecule has 13 heteroatoms. The van der Waals surface area contributed by atoms with E-state index in [0.29, 0.717) is 37.7 Å². The fourth-order valence-corrected chi connectivity index (χ4v) is 6.23. The zero-order chi connectivity index (χ0) is 32.5. The van der Waals surface area contributed by atoms with Crippen LogP contribution in [-0.4, -0.2) is 57.9 Å². The van der Waals surface area contributed by atoms with Crippen LogP contribution in [0.5, 0.6) is 5.75 Å². The van der Waals surface area contributed by atoms with Crippen molar-refractivity contribution >= 4 is 23.7 Å². The number of fused-ring (bicyclic) bond motifs is 5. The summed E-state index contributed by atoms with van der Waals surface area (Å²) in [5.41, 5.74) is -1.77. The Hall–Kier alpha value is -4.29. The summed E-state index contributed by atoms with van der Waals surface area (Å²) in [6.07, 6.45) is 4.01. The SMILES string of the molecule is CC1=NO[C@@]2(CC[C@H](C)N3C[C@H]2n2cc(C(=O)NCc4ccc(F)cc4F)c(=O)c(OC(=O)OCCCCC(C)C)c2C3=O)C1. The molecule has 0 radical (unpaired) electrons. The Bertz CT molecular complexity index is 1590. The van der Waals surface area contributed by atoms with E-state index in [1.54, 1.807) is 4.90 Å². The molecular weight excluding hydrogens is 590 g/mol. The van der Waals surface area contributed by atoms with Gasteiger partial charge >= 0.3 is 6.16 Å². The molecule has 1 spiro atoms. The van der Waals surface area contributed by atoms with Crippen LogP contribution in [0.1, 0.15) is 98.7 Å². The van der Waals surface area contributed by atoms with Gasteiger partial charge in [0.05, 0.1) is 18.4 Å². The first-order chi connectivity index (χ1) is 21.4. The maximum absolute atomic E-state index is 14.3. The number of pyridine rings is 1. The molecule has 3 atom stereocenters. The molecule has 242 valence electrons. The Kier molecular flexibility index (Phi) is 9.26. The number of carbonyl (C=O) groups excluding carboxylic acids is 3. The van der Waals surface area contributed by atoms with Crippen molar-refractivity contribution in [1.82, 2.24) is 14.8 Å². The van der Waals surface area contributed by atoms with Crippen LogP contribution in [0.25, 0.3) is 0 Å². The monoisotopic (exact) mass is 628 g/mol. The van der Waals surface area contributed by atoms with E-state index in [-0.39, 0.29) is 37.0 Å². The van der Waals surface area contributed by atoms with E-state index in [1.807, 2.05) is 13.8 Å². The smallest absolute Gasteiger partial charge is 0.434 e. The van der Waals surface area contributed by atoms with E-state index in [4.69, 9.17) is 14.3 Å². The maximum atomic E-state index is 14.3. The standard InChI is InChI=1S/C32H38F2N4O7/c1-18(2)7-5-6-12-43-31(42)44-28-26-30(41)37-17-25(32(11-10-20(37)4)14-19(3)36-45-32)38(26)16-23(27(28)39)29(40)35-15-21-8-9-22(33)13-24(21)34/h8-9,13,16,18,20,25H,5-7,10-12,14-15,17H2,1-4H3,(H,35,40)/t20-,25+,32-/m0/s1. The number of nitrogens with one attached hydrogen (secondary N) is 1. The van der Waals surface area contributed by atoms with Gasteiger partial charge in [-0.3, -0.25) is 14.4 Å². The van der Waals surface area contributed by atoms with Crippen LogP contribution in [0.3, 0.4) is 0 Å². The number of rotatable bonds is 9. The van der Waals surface area contributed by atoms with Crippen molar-refractivity contribution in [2.45, 2.75) is 90.4 Å². The lowest BCUT2D eigenvalue weighted by atomic mass is 9.84. The number of oxime groups is 1. The van der Waals surface area contributed by atoms with Crippen molar-refractivity contribution in [3.63, 3.8) is 0 Å². The minimum atomic E-state index is -1.18. The van der Waals surface area contributed by atoms with Crippen LogP contribution in [0.4, 0.5) is 13.6 Å². The molecule has 1 fully saturated rings. The third-order valence-electron chi connectivity index (χ3n) is 8.70. The molecule has 5 rings (SSSR count). The second kappa shape index (κ2) is 13.0. The van der Waals surface area contributed by atoms with Gasteiger partial charge in [0.1, 0.15) is 17.2 Å². The van der Waals surface area contributed by atoms with Crippen LogP contribution < -0.4 is 15.5 Å². The molecule has 0 unspecified atom stereocenters. The first kappa shape index (κ1) is 32.1. The summed E-state index contributed by atoms with van der Waals surface area (Å²) in [5, 5.41) is 6.67. The van der Waals surface area contributed by atoms with Gasteiger partial charge in [0.15, 0.2) is 11.3 Å². The lowest BCUT2D eigenvalue weighted by Crippen LogP contribution is -2.52. The number of aromatic nitrogens is 1. The van der Waals surface area contributed by atoms with E-state index in [0.717, 1.165) is 24.6 Å². The second-order valence-corrected chi connectivity index (χ2v) is 12.5. The van der Waals surface area contributed by atoms with Gasteiger partial charge in [-0.15, -0.1) is 0 Å². The molecule has 3 aliphatic heterocycles. The average molecular weight is 629 g/mol. The summed E-state index contributed by atoms with van der Waals surface area (Å²) < 4.78 is 39.8. The topological polar surface area (TPSA) is 129 Å². The molecule has 2 aromatic rings. The van der Waals surface area contributed by atoms with Crippen LogP contribution in [0, 0.1) is 17.6 Å². The van der Waals surface area contributed by atoms with Gasteiger partial charge in [-0.25, -0.2) is 13.6 Å². The Morgan fingerprint density at radius 2 is 2.00 bits per heavy atom. The molecule has 0 saturated carbocycles. The highest BCUT2D eigenvalue weighted by Crippen LogP contribution is 2.46. The Labute approximate surface area is 259 Å². The van der Waals surface area contributed by atoms with Gasteiger partial charge in [-0.2, -0.15) is 0 Å².